The molecule has 1 aromatic carbocycles. The first kappa shape index (κ1) is 14.7. The molecule has 0 radical (unpaired) electrons. The Morgan fingerprint density at radius 1 is 1.06 bits per heavy atom. The van der Waals surface area contributed by atoms with Gasteiger partial charge in [-0.2, -0.15) is 8.78 Å². The Balaban J connectivity index is 3.16. The van der Waals surface area contributed by atoms with Crippen LogP contribution in [0.25, 0.3) is 0 Å². The highest BCUT2D eigenvalue weighted by atomic mass is 35.5. The van der Waals surface area contributed by atoms with E-state index in [0.29, 0.717) is 0 Å². The summed E-state index contributed by atoms with van der Waals surface area (Å²) >= 11 is 5.07. The highest BCUT2D eigenvalue weighted by Gasteiger charge is 2.38. The molecule has 98 valence electrons. The van der Waals surface area contributed by atoms with Gasteiger partial charge in [-0.3, -0.25) is 9.59 Å². The van der Waals surface area contributed by atoms with Crippen molar-refractivity contribution in [3.05, 3.63) is 35.4 Å². The third kappa shape index (κ3) is 2.56. The summed E-state index contributed by atoms with van der Waals surface area (Å²) in [7, 11) is 0. The Morgan fingerprint density at radius 2 is 1.44 bits per heavy atom. The minimum Gasteiger partial charge on any atom is -0.293 e. The van der Waals surface area contributed by atoms with Crippen LogP contribution in [-0.2, 0) is 21.2 Å². The number of halogens is 4. The van der Waals surface area contributed by atoms with Crippen molar-refractivity contribution < 1.29 is 22.8 Å². The number of ketones is 1. The predicted molar refractivity (Wildman–Crippen MR) is 60.3 cm³/mol. The molecule has 0 N–H and O–H groups in total. The maximum absolute atomic E-state index is 13.8. The number of Topliss-reactive ketones (excluding diaryl/α,β-unsaturated/α-hetero) is 1. The average molecular weight is 279 g/mol. The highest BCUT2D eigenvalue weighted by Crippen LogP contribution is 2.33. The van der Waals surface area contributed by atoms with Crippen LogP contribution < -0.4 is 0 Å². The zero-order valence-electron chi connectivity index (χ0n) is 9.64. The molecule has 0 fully saturated rings. The van der Waals surface area contributed by atoms with Gasteiger partial charge < -0.3 is 0 Å². The molecule has 6 heteroatoms. The first-order valence-corrected chi connectivity index (χ1v) is 5.36. The third-order valence-electron chi connectivity index (χ3n) is 2.60. The second kappa shape index (κ2) is 4.72. The number of carbonyl (C=O) groups is 2. The highest BCUT2D eigenvalue weighted by molar-refractivity contribution is 6.65. The van der Waals surface area contributed by atoms with Gasteiger partial charge in [-0.1, -0.05) is 24.3 Å². The van der Waals surface area contributed by atoms with Crippen LogP contribution in [0.4, 0.5) is 13.2 Å². The standard InChI is InChI=1S/C12H10ClF3O2/c1-7(17)12(15,16)9-5-3-8(4-6-9)11(2,14)10(13)18/h3-6H,1-2H3. The summed E-state index contributed by atoms with van der Waals surface area (Å²) in [6.45, 7) is 1.69. The summed E-state index contributed by atoms with van der Waals surface area (Å²) in [6, 6.07) is 3.81. The van der Waals surface area contributed by atoms with Crippen molar-refractivity contribution in [1.82, 2.24) is 0 Å². The van der Waals surface area contributed by atoms with Gasteiger partial charge in [-0.15, -0.1) is 0 Å². The second-order valence-electron chi connectivity index (χ2n) is 3.98. The molecule has 0 saturated carbocycles. The quantitative estimate of drug-likeness (QED) is 0.792. The second-order valence-corrected chi connectivity index (χ2v) is 4.33. The lowest BCUT2D eigenvalue weighted by molar-refractivity contribution is -0.141. The topological polar surface area (TPSA) is 34.1 Å². The van der Waals surface area contributed by atoms with Crippen molar-refractivity contribution >= 4 is 22.6 Å². The molecule has 2 nitrogen and oxygen atoms in total. The Hall–Kier alpha value is -1.36. The molecular weight excluding hydrogens is 269 g/mol. The summed E-state index contributed by atoms with van der Waals surface area (Å²) in [5, 5.41) is -1.24. The average Bonchev–Trinajstić information content (AvgIpc) is 2.28. The molecule has 1 aromatic rings. The number of rotatable bonds is 4. The summed E-state index contributed by atoms with van der Waals surface area (Å²) in [5.74, 6) is -4.94. The van der Waals surface area contributed by atoms with Crippen molar-refractivity contribution in [3.8, 4) is 0 Å². The summed E-state index contributed by atoms with van der Waals surface area (Å²) in [6.07, 6.45) is 0. The van der Waals surface area contributed by atoms with Crippen LogP contribution in [0.5, 0.6) is 0 Å². The number of carbonyl (C=O) groups excluding carboxylic acids is 2. The summed E-state index contributed by atoms with van der Waals surface area (Å²) in [4.78, 5) is 21.6. The van der Waals surface area contributed by atoms with E-state index in [0.717, 1.165) is 38.1 Å². The lowest BCUT2D eigenvalue weighted by Crippen LogP contribution is -2.25. The van der Waals surface area contributed by atoms with Gasteiger partial charge in [0.25, 0.3) is 5.24 Å². The predicted octanol–water partition coefficient (Wildman–Crippen LogP) is 3.32. The molecule has 0 aliphatic carbocycles. The first-order chi connectivity index (χ1) is 8.10. The zero-order valence-corrected chi connectivity index (χ0v) is 10.4. The molecule has 0 amide bonds. The maximum Gasteiger partial charge on any atom is 0.330 e. The van der Waals surface area contributed by atoms with Crippen molar-refractivity contribution in [2.45, 2.75) is 25.4 Å². The zero-order chi connectivity index (χ0) is 14.1. The van der Waals surface area contributed by atoms with Gasteiger partial charge in [0.1, 0.15) is 0 Å². The van der Waals surface area contributed by atoms with E-state index in [1.54, 1.807) is 0 Å². The number of benzene rings is 1. The van der Waals surface area contributed by atoms with Gasteiger partial charge in [-0.05, 0) is 24.1 Å². The Bertz CT molecular complexity index is 436. The smallest absolute Gasteiger partial charge is 0.293 e. The van der Waals surface area contributed by atoms with E-state index < -0.39 is 28.2 Å². The van der Waals surface area contributed by atoms with Gasteiger partial charge in [0, 0.05) is 12.5 Å². The Morgan fingerprint density at radius 3 is 1.78 bits per heavy atom. The molecule has 1 rings (SSSR count). The van der Waals surface area contributed by atoms with E-state index in [2.05, 4.69) is 0 Å². The maximum atomic E-state index is 13.8. The summed E-state index contributed by atoms with van der Waals surface area (Å²) in [5.41, 5.74) is -3.16. The lowest BCUT2D eigenvalue weighted by Gasteiger charge is -2.18. The first-order valence-electron chi connectivity index (χ1n) is 4.99. The number of hydrogen-bond donors (Lipinski definition) is 0. The SMILES string of the molecule is CC(=O)C(F)(F)c1ccc(C(C)(F)C(=O)Cl)cc1. The third-order valence-corrected chi connectivity index (χ3v) is 2.96. The van der Waals surface area contributed by atoms with Crippen molar-refractivity contribution in [2.24, 2.45) is 0 Å². The van der Waals surface area contributed by atoms with Gasteiger partial charge in [0.15, 0.2) is 0 Å². The molecule has 1 unspecified atom stereocenters. The van der Waals surface area contributed by atoms with Crippen molar-refractivity contribution in [2.75, 3.05) is 0 Å². The minimum absolute atomic E-state index is 0.148. The van der Waals surface area contributed by atoms with E-state index in [-0.39, 0.29) is 5.56 Å². The molecule has 18 heavy (non-hydrogen) atoms. The van der Waals surface area contributed by atoms with Crippen LogP contribution in [0, 0.1) is 0 Å². The fraction of sp³-hybridized carbons (Fsp3) is 0.333. The van der Waals surface area contributed by atoms with Gasteiger partial charge in [-0.25, -0.2) is 4.39 Å². The molecule has 0 spiro atoms. The van der Waals surface area contributed by atoms with Crippen LogP contribution in [0.15, 0.2) is 24.3 Å². The molecule has 1 atom stereocenters. The minimum atomic E-state index is -3.63. The van der Waals surface area contributed by atoms with E-state index in [1.807, 2.05) is 0 Å². The molecular formula is C12H10ClF3O2. The van der Waals surface area contributed by atoms with Crippen molar-refractivity contribution in [3.63, 3.8) is 0 Å². The summed E-state index contributed by atoms with van der Waals surface area (Å²) < 4.78 is 40.5. The van der Waals surface area contributed by atoms with Crippen LogP contribution in [0.3, 0.4) is 0 Å². The lowest BCUT2D eigenvalue weighted by atomic mass is 9.96. The van der Waals surface area contributed by atoms with E-state index in [9.17, 15) is 22.8 Å². The largest absolute Gasteiger partial charge is 0.330 e. The molecule has 0 aliphatic heterocycles. The number of hydrogen-bond acceptors (Lipinski definition) is 2. The fourth-order valence-corrected chi connectivity index (χ4v) is 1.42. The monoisotopic (exact) mass is 278 g/mol. The normalized spacial score (nSPS) is 15.0. The van der Waals surface area contributed by atoms with Crippen LogP contribution in [0.1, 0.15) is 25.0 Å². The molecule has 0 heterocycles. The molecule has 0 bridgehead atoms. The van der Waals surface area contributed by atoms with Crippen LogP contribution >= 0.6 is 11.6 Å². The molecule has 0 aromatic heterocycles. The van der Waals surface area contributed by atoms with Crippen LogP contribution in [0.2, 0.25) is 0 Å². The molecule has 0 aliphatic rings. The van der Waals surface area contributed by atoms with E-state index in [1.165, 1.54) is 0 Å². The molecule has 0 saturated heterocycles. The van der Waals surface area contributed by atoms with Crippen molar-refractivity contribution in [1.29, 1.82) is 0 Å². The van der Waals surface area contributed by atoms with Gasteiger partial charge >= 0.3 is 5.92 Å². The Labute approximate surface area is 107 Å². The van der Waals surface area contributed by atoms with Crippen LogP contribution in [-0.4, -0.2) is 11.0 Å². The fourth-order valence-electron chi connectivity index (χ4n) is 1.31. The van der Waals surface area contributed by atoms with E-state index >= 15 is 0 Å². The van der Waals surface area contributed by atoms with Gasteiger partial charge in [0.05, 0.1) is 0 Å². The number of alkyl halides is 3. The Kier molecular flexibility index (Phi) is 3.86. The van der Waals surface area contributed by atoms with E-state index in [4.69, 9.17) is 11.6 Å². The van der Waals surface area contributed by atoms with Gasteiger partial charge in [0.2, 0.25) is 11.5 Å².